The van der Waals surface area contributed by atoms with Gasteiger partial charge in [-0.2, -0.15) is 0 Å². The fourth-order valence-corrected chi connectivity index (χ4v) is 4.97. The van der Waals surface area contributed by atoms with Crippen LogP contribution in [0.5, 0.6) is 5.75 Å². The van der Waals surface area contributed by atoms with Crippen molar-refractivity contribution in [1.82, 2.24) is 16.0 Å². The number of hydrogen-bond acceptors (Lipinski definition) is 6. The van der Waals surface area contributed by atoms with Crippen LogP contribution in [0.25, 0.3) is 0 Å². The highest BCUT2D eigenvalue weighted by atomic mass is 35.5. The Bertz CT molecular complexity index is 1120. The molecule has 9 nitrogen and oxygen atoms in total. The van der Waals surface area contributed by atoms with E-state index in [1.165, 1.54) is 51.4 Å². The molecule has 1 unspecified atom stereocenters. The molecule has 0 aromatic heterocycles. The zero-order valence-corrected chi connectivity index (χ0v) is 27.9. The SMILES string of the molecule is CCCCCCCCCCCCNC(=O)CCCOc1ccc(NC(NC(=O)Cc2cccc(Cl)c2)C(=O)NCCOC)cc1. The summed E-state index contributed by atoms with van der Waals surface area (Å²) in [6, 6.07) is 14.1. The molecule has 2 aromatic carbocycles. The number of anilines is 1. The number of carbonyl (C=O) groups excluding carboxylic acids is 3. The van der Waals surface area contributed by atoms with Gasteiger partial charge in [0, 0.05) is 37.3 Å². The van der Waals surface area contributed by atoms with Crippen molar-refractivity contribution in [2.24, 2.45) is 0 Å². The van der Waals surface area contributed by atoms with Crippen LogP contribution in [0.15, 0.2) is 48.5 Å². The zero-order valence-electron chi connectivity index (χ0n) is 27.1. The Kier molecular flexibility index (Phi) is 20.2. The molecule has 0 aliphatic rings. The molecule has 2 aromatic rings. The minimum Gasteiger partial charge on any atom is -0.494 e. The van der Waals surface area contributed by atoms with Crippen LogP contribution < -0.4 is 26.0 Å². The van der Waals surface area contributed by atoms with Crippen LogP contribution in [-0.4, -0.2) is 57.3 Å². The number of amides is 3. The van der Waals surface area contributed by atoms with Gasteiger partial charge in [0.05, 0.1) is 19.6 Å². The molecule has 4 N–H and O–H groups in total. The molecule has 1 atom stereocenters. The molecule has 0 fully saturated rings. The first-order chi connectivity index (χ1) is 21.9. The van der Waals surface area contributed by atoms with Crippen LogP contribution in [0.4, 0.5) is 5.69 Å². The first-order valence-corrected chi connectivity index (χ1v) is 16.9. The van der Waals surface area contributed by atoms with E-state index in [4.69, 9.17) is 21.1 Å². The van der Waals surface area contributed by atoms with Gasteiger partial charge >= 0.3 is 0 Å². The van der Waals surface area contributed by atoms with Gasteiger partial charge < -0.3 is 30.7 Å². The topological polar surface area (TPSA) is 118 Å². The number of hydrogen-bond donors (Lipinski definition) is 4. The third-order valence-corrected chi connectivity index (χ3v) is 7.50. The lowest BCUT2D eigenvalue weighted by Gasteiger charge is -2.21. The highest BCUT2D eigenvalue weighted by molar-refractivity contribution is 6.30. The minimum absolute atomic E-state index is 0.0568. The van der Waals surface area contributed by atoms with Gasteiger partial charge in [-0.3, -0.25) is 14.4 Å². The van der Waals surface area contributed by atoms with E-state index in [-0.39, 0.29) is 18.2 Å². The lowest BCUT2D eigenvalue weighted by atomic mass is 10.1. The summed E-state index contributed by atoms with van der Waals surface area (Å²) in [5, 5.41) is 12.1. The monoisotopic (exact) mass is 644 g/mol. The number of unbranched alkanes of at least 4 members (excludes halogenated alkanes) is 9. The van der Waals surface area contributed by atoms with E-state index in [1.54, 1.807) is 55.6 Å². The van der Waals surface area contributed by atoms with E-state index in [1.807, 2.05) is 0 Å². The molecule has 0 saturated carbocycles. The van der Waals surface area contributed by atoms with Crippen LogP contribution in [-0.2, 0) is 25.5 Å². The van der Waals surface area contributed by atoms with Crippen molar-refractivity contribution >= 4 is 35.0 Å². The van der Waals surface area contributed by atoms with Gasteiger partial charge in [-0.25, -0.2) is 0 Å². The van der Waals surface area contributed by atoms with E-state index in [2.05, 4.69) is 28.2 Å². The number of methoxy groups -OCH3 is 1. The average Bonchev–Trinajstić information content (AvgIpc) is 3.02. The quantitative estimate of drug-likeness (QED) is 0.0734. The van der Waals surface area contributed by atoms with Crippen molar-refractivity contribution < 1.29 is 23.9 Å². The summed E-state index contributed by atoms with van der Waals surface area (Å²) in [7, 11) is 1.55. The molecule has 0 heterocycles. The zero-order chi connectivity index (χ0) is 32.5. The molecule has 0 aliphatic heterocycles. The second kappa shape index (κ2) is 24.0. The summed E-state index contributed by atoms with van der Waals surface area (Å²) in [6.07, 6.45) is 12.9. The lowest BCUT2D eigenvalue weighted by molar-refractivity contribution is -0.128. The number of carbonyl (C=O) groups is 3. The van der Waals surface area contributed by atoms with Crippen molar-refractivity contribution in [1.29, 1.82) is 0 Å². The van der Waals surface area contributed by atoms with E-state index in [0.29, 0.717) is 49.1 Å². The van der Waals surface area contributed by atoms with Gasteiger partial charge in [-0.05, 0) is 54.8 Å². The third kappa shape index (κ3) is 18.3. The van der Waals surface area contributed by atoms with Crippen LogP contribution in [0.2, 0.25) is 5.02 Å². The second-order valence-corrected chi connectivity index (χ2v) is 11.7. The van der Waals surface area contributed by atoms with E-state index in [0.717, 1.165) is 24.9 Å². The third-order valence-electron chi connectivity index (χ3n) is 7.26. The fraction of sp³-hybridized carbons (Fsp3) is 0.571. The van der Waals surface area contributed by atoms with Gasteiger partial charge in [0.1, 0.15) is 5.75 Å². The molecule has 3 amide bonds. The summed E-state index contributed by atoms with van der Waals surface area (Å²) < 4.78 is 10.8. The summed E-state index contributed by atoms with van der Waals surface area (Å²) in [5.41, 5.74) is 1.37. The number of halogens is 1. The largest absolute Gasteiger partial charge is 0.494 e. The molecule has 2 rings (SSSR count). The molecule has 0 saturated heterocycles. The molecule has 0 spiro atoms. The first kappa shape index (κ1) is 37.9. The smallest absolute Gasteiger partial charge is 0.263 e. The Hall–Kier alpha value is -3.30. The molecule has 0 bridgehead atoms. The highest BCUT2D eigenvalue weighted by Gasteiger charge is 2.20. The maximum Gasteiger partial charge on any atom is 0.263 e. The first-order valence-electron chi connectivity index (χ1n) is 16.5. The Morgan fingerprint density at radius 1 is 0.778 bits per heavy atom. The number of nitrogens with one attached hydrogen (secondary N) is 4. The molecule has 10 heteroatoms. The van der Waals surface area contributed by atoms with Crippen molar-refractivity contribution in [3.8, 4) is 5.75 Å². The standard InChI is InChI=1S/C35H53ClN4O5/c1-3-4-5-6-7-8-9-10-11-12-22-37-32(41)17-14-24-45-31-20-18-30(19-21-31)39-34(35(43)38-23-25-44-2)40-33(42)27-28-15-13-16-29(36)26-28/h13,15-16,18-21,26,34,39H,3-12,14,17,22-25,27H2,1-2H3,(H,37,41)(H,38,43)(H,40,42). The van der Waals surface area contributed by atoms with Gasteiger partial charge in [-0.1, -0.05) is 88.4 Å². The molecule has 250 valence electrons. The molecule has 0 aliphatic carbocycles. The maximum absolute atomic E-state index is 12.8. The molecular weight excluding hydrogens is 592 g/mol. The minimum atomic E-state index is -1.00. The lowest BCUT2D eigenvalue weighted by Crippen LogP contribution is -2.52. The fourth-order valence-electron chi connectivity index (χ4n) is 4.76. The highest BCUT2D eigenvalue weighted by Crippen LogP contribution is 2.17. The Balaban J connectivity index is 1.67. The van der Waals surface area contributed by atoms with Crippen LogP contribution in [0.1, 0.15) is 89.5 Å². The van der Waals surface area contributed by atoms with E-state index in [9.17, 15) is 14.4 Å². The van der Waals surface area contributed by atoms with Gasteiger partial charge in [-0.15, -0.1) is 0 Å². The molecular formula is C35H53ClN4O5. The predicted molar refractivity (Wildman–Crippen MR) is 182 cm³/mol. The van der Waals surface area contributed by atoms with Gasteiger partial charge in [0.25, 0.3) is 5.91 Å². The van der Waals surface area contributed by atoms with Gasteiger partial charge in [0.15, 0.2) is 6.17 Å². The van der Waals surface area contributed by atoms with Crippen molar-refractivity contribution in [2.45, 2.75) is 96.6 Å². The van der Waals surface area contributed by atoms with Crippen LogP contribution >= 0.6 is 11.6 Å². The van der Waals surface area contributed by atoms with Crippen molar-refractivity contribution in [3.05, 3.63) is 59.1 Å². The molecule has 0 radical (unpaired) electrons. The predicted octanol–water partition coefficient (Wildman–Crippen LogP) is 6.40. The second-order valence-electron chi connectivity index (χ2n) is 11.2. The summed E-state index contributed by atoms with van der Waals surface area (Å²) >= 11 is 6.03. The Morgan fingerprint density at radius 3 is 2.13 bits per heavy atom. The van der Waals surface area contributed by atoms with Crippen molar-refractivity contribution in [2.75, 3.05) is 38.7 Å². The normalized spacial score (nSPS) is 11.4. The number of rotatable bonds is 25. The summed E-state index contributed by atoms with van der Waals surface area (Å²) in [5.74, 6) is -0.0129. The van der Waals surface area contributed by atoms with Crippen LogP contribution in [0.3, 0.4) is 0 Å². The van der Waals surface area contributed by atoms with E-state index >= 15 is 0 Å². The van der Waals surface area contributed by atoms with Crippen molar-refractivity contribution in [3.63, 3.8) is 0 Å². The average molecular weight is 645 g/mol. The van der Waals surface area contributed by atoms with Crippen LogP contribution in [0, 0.1) is 0 Å². The van der Waals surface area contributed by atoms with E-state index < -0.39 is 12.1 Å². The number of ether oxygens (including phenoxy) is 2. The Morgan fingerprint density at radius 2 is 1.47 bits per heavy atom. The number of benzene rings is 2. The van der Waals surface area contributed by atoms with Gasteiger partial charge in [0.2, 0.25) is 11.8 Å². The summed E-state index contributed by atoms with van der Waals surface area (Å²) in [4.78, 5) is 37.7. The Labute approximate surface area is 274 Å². The maximum atomic E-state index is 12.8. The summed E-state index contributed by atoms with van der Waals surface area (Å²) in [6.45, 7) is 4.06. The molecule has 45 heavy (non-hydrogen) atoms.